The first-order valence-corrected chi connectivity index (χ1v) is 4.70. The van der Waals surface area contributed by atoms with E-state index in [0.29, 0.717) is 5.69 Å². The molecule has 0 amide bonds. The Morgan fingerprint density at radius 1 is 1.40 bits per heavy atom. The zero-order valence-corrected chi connectivity index (χ0v) is 8.45. The Hall–Kier alpha value is -1.39. The lowest BCUT2D eigenvalue weighted by molar-refractivity contribution is 0.273. The number of nitrogens with zero attached hydrogens (tertiary/aromatic N) is 2. The van der Waals surface area contributed by atoms with Gasteiger partial charge in [0.05, 0.1) is 17.3 Å². The van der Waals surface area contributed by atoms with Crippen LogP contribution in [0.1, 0.15) is 5.69 Å². The normalized spacial score (nSPS) is 10.6. The number of benzene rings is 1. The Bertz CT molecular complexity index is 484. The largest absolute Gasteiger partial charge is 0.390 e. The molecule has 0 bridgehead atoms. The Balaban J connectivity index is 2.59. The lowest BCUT2D eigenvalue weighted by Crippen LogP contribution is -2.04. The highest BCUT2D eigenvalue weighted by atomic mass is 35.5. The molecule has 78 valence electrons. The van der Waals surface area contributed by atoms with Gasteiger partial charge in [-0.15, -0.1) is 0 Å². The van der Waals surface area contributed by atoms with Crippen LogP contribution in [0.3, 0.4) is 0 Å². The molecule has 1 heterocycles. The molecule has 1 N–H and O–H groups in total. The van der Waals surface area contributed by atoms with Gasteiger partial charge in [-0.2, -0.15) is 5.10 Å². The van der Waals surface area contributed by atoms with Crippen molar-refractivity contribution in [1.29, 1.82) is 0 Å². The van der Waals surface area contributed by atoms with Crippen molar-refractivity contribution in [1.82, 2.24) is 9.78 Å². The molecule has 0 unspecified atom stereocenters. The van der Waals surface area contributed by atoms with Crippen LogP contribution in [0.4, 0.5) is 4.39 Å². The summed E-state index contributed by atoms with van der Waals surface area (Å²) >= 11 is 5.65. The molecule has 0 radical (unpaired) electrons. The first-order chi connectivity index (χ1) is 7.24. The van der Waals surface area contributed by atoms with E-state index >= 15 is 0 Å². The first-order valence-electron chi connectivity index (χ1n) is 4.32. The molecule has 0 spiro atoms. The van der Waals surface area contributed by atoms with Crippen molar-refractivity contribution in [3.05, 3.63) is 47.0 Å². The molecule has 2 aromatic rings. The highest BCUT2D eigenvalue weighted by Crippen LogP contribution is 2.21. The summed E-state index contributed by atoms with van der Waals surface area (Å²) in [5.74, 6) is -0.544. The van der Waals surface area contributed by atoms with Crippen molar-refractivity contribution in [3.63, 3.8) is 0 Å². The Morgan fingerprint density at radius 3 is 2.93 bits per heavy atom. The van der Waals surface area contributed by atoms with E-state index in [1.54, 1.807) is 18.2 Å². The summed E-state index contributed by atoms with van der Waals surface area (Å²) in [5.41, 5.74) is 0.743. The van der Waals surface area contributed by atoms with Crippen LogP contribution < -0.4 is 0 Å². The third-order valence-corrected chi connectivity index (χ3v) is 2.33. The summed E-state index contributed by atoms with van der Waals surface area (Å²) in [6, 6.07) is 6.25. The number of aliphatic hydroxyl groups is 1. The van der Waals surface area contributed by atoms with Gasteiger partial charge in [-0.1, -0.05) is 17.7 Å². The van der Waals surface area contributed by atoms with E-state index in [9.17, 15) is 4.39 Å². The Kier molecular flexibility index (Phi) is 2.70. The summed E-state index contributed by atoms with van der Waals surface area (Å²) in [4.78, 5) is 0. The number of rotatable bonds is 2. The quantitative estimate of drug-likeness (QED) is 0.852. The lowest BCUT2D eigenvalue weighted by atomic mass is 10.3. The van der Waals surface area contributed by atoms with Gasteiger partial charge in [0.15, 0.2) is 5.82 Å². The molecule has 0 fully saturated rings. The zero-order valence-electron chi connectivity index (χ0n) is 7.69. The van der Waals surface area contributed by atoms with Gasteiger partial charge in [0.2, 0.25) is 0 Å². The minimum Gasteiger partial charge on any atom is -0.390 e. The number of hydrogen-bond acceptors (Lipinski definition) is 2. The number of aliphatic hydroxyl groups excluding tert-OH is 1. The second kappa shape index (κ2) is 4.00. The topological polar surface area (TPSA) is 38.1 Å². The van der Waals surface area contributed by atoms with Crippen LogP contribution >= 0.6 is 11.6 Å². The molecule has 15 heavy (non-hydrogen) atoms. The smallest absolute Gasteiger partial charge is 0.167 e. The third-order valence-electron chi connectivity index (χ3n) is 2.04. The fraction of sp³-hybridized carbons (Fsp3) is 0.100. The monoisotopic (exact) mass is 226 g/mol. The van der Waals surface area contributed by atoms with Crippen LogP contribution in [0, 0.1) is 5.82 Å². The first kappa shape index (κ1) is 10.1. The van der Waals surface area contributed by atoms with Crippen LogP contribution in [0.25, 0.3) is 5.69 Å². The standard InChI is InChI=1S/C10H8ClFN2O/c11-8-2-1-3-9(10(8)12)14-7(6-15)4-5-13-14/h1-5,15H,6H2. The molecule has 0 saturated heterocycles. The van der Waals surface area contributed by atoms with Crippen molar-refractivity contribution in [2.75, 3.05) is 0 Å². The van der Waals surface area contributed by atoms with Gasteiger partial charge in [-0.05, 0) is 18.2 Å². The van der Waals surface area contributed by atoms with Gasteiger partial charge in [0.1, 0.15) is 5.69 Å². The van der Waals surface area contributed by atoms with Crippen LogP contribution in [-0.2, 0) is 6.61 Å². The average Bonchev–Trinajstić information content (AvgIpc) is 2.70. The maximum atomic E-state index is 13.6. The summed E-state index contributed by atoms with van der Waals surface area (Å²) < 4.78 is 14.9. The lowest BCUT2D eigenvalue weighted by Gasteiger charge is -2.07. The maximum Gasteiger partial charge on any atom is 0.167 e. The zero-order chi connectivity index (χ0) is 10.8. The van der Waals surface area contributed by atoms with Crippen LogP contribution in [0.15, 0.2) is 30.5 Å². The molecule has 3 nitrogen and oxygen atoms in total. The van der Waals surface area contributed by atoms with E-state index in [1.807, 2.05) is 0 Å². The summed E-state index contributed by atoms with van der Waals surface area (Å²) in [5, 5.41) is 13.0. The summed E-state index contributed by atoms with van der Waals surface area (Å²) in [6.45, 7) is -0.202. The Labute approximate surface area is 90.7 Å². The molecule has 0 aliphatic carbocycles. The maximum absolute atomic E-state index is 13.6. The van der Waals surface area contributed by atoms with Crippen molar-refractivity contribution in [2.24, 2.45) is 0 Å². The van der Waals surface area contributed by atoms with Gasteiger partial charge in [0.25, 0.3) is 0 Å². The molecule has 5 heteroatoms. The number of halogens is 2. The SMILES string of the molecule is OCc1ccnn1-c1cccc(Cl)c1F. The molecule has 1 aromatic heterocycles. The molecule has 0 saturated carbocycles. The van der Waals surface area contributed by atoms with E-state index in [-0.39, 0.29) is 17.3 Å². The van der Waals surface area contributed by atoms with Gasteiger partial charge < -0.3 is 5.11 Å². The average molecular weight is 227 g/mol. The predicted molar refractivity (Wildman–Crippen MR) is 54.5 cm³/mol. The molecule has 2 rings (SSSR count). The molecular weight excluding hydrogens is 219 g/mol. The van der Waals surface area contributed by atoms with Crippen LogP contribution in [0.2, 0.25) is 5.02 Å². The van der Waals surface area contributed by atoms with Crippen molar-refractivity contribution >= 4 is 11.6 Å². The molecule has 0 aliphatic rings. The summed E-state index contributed by atoms with van der Waals surface area (Å²) in [7, 11) is 0. The highest BCUT2D eigenvalue weighted by molar-refractivity contribution is 6.30. The van der Waals surface area contributed by atoms with Gasteiger partial charge >= 0.3 is 0 Å². The van der Waals surface area contributed by atoms with E-state index in [2.05, 4.69) is 5.10 Å². The van der Waals surface area contributed by atoms with E-state index < -0.39 is 5.82 Å². The molecule has 0 aliphatic heterocycles. The van der Waals surface area contributed by atoms with Crippen LogP contribution in [-0.4, -0.2) is 14.9 Å². The fourth-order valence-corrected chi connectivity index (χ4v) is 1.49. The highest BCUT2D eigenvalue weighted by Gasteiger charge is 2.11. The van der Waals surface area contributed by atoms with Gasteiger partial charge in [-0.3, -0.25) is 0 Å². The second-order valence-corrected chi connectivity index (χ2v) is 3.37. The van der Waals surface area contributed by atoms with E-state index in [4.69, 9.17) is 16.7 Å². The predicted octanol–water partition coefficient (Wildman–Crippen LogP) is 2.16. The third kappa shape index (κ3) is 1.73. The van der Waals surface area contributed by atoms with Gasteiger partial charge in [0, 0.05) is 6.20 Å². The molecular formula is C10H8ClFN2O. The minimum atomic E-state index is -0.544. The van der Waals surface area contributed by atoms with Crippen LogP contribution in [0.5, 0.6) is 0 Å². The minimum absolute atomic E-state index is 0.0342. The van der Waals surface area contributed by atoms with E-state index in [1.165, 1.54) is 16.9 Å². The van der Waals surface area contributed by atoms with E-state index in [0.717, 1.165) is 0 Å². The fourth-order valence-electron chi connectivity index (χ4n) is 1.32. The molecule has 1 aromatic carbocycles. The second-order valence-electron chi connectivity index (χ2n) is 2.97. The molecule has 0 atom stereocenters. The number of hydrogen-bond donors (Lipinski definition) is 1. The van der Waals surface area contributed by atoms with Gasteiger partial charge in [-0.25, -0.2) is 9.07 Å². The Morgan fingerprint density at radius 2 is 2.20 bits per heavy atom. The van der Waals surface area contributed by atoms with Crippen molar-refractivity contribution in [2.45, 2.75) is 6.61 Å². The number of aromatic nitrogens is 2. The van der Waals surface area contributed by atoms with Crippen molar-refractivity contribution in [3.8, 4) is 5.69 Å². The summed E-state index contributed by atoms with van der Waals surface area (Å²) in [6.07, 6.45) is 1.49. The van der Waals surface area contributed by atoms with Crippen molar-refractivity contribution < 1.29 is 9.50 Å².